The largest absolute Gasteiger partial charge is 0.493 e. The molecule has 1 amide bonds. The molecule has 8 nitrogen and oxygen atoms in total. The molecule has 186 valence electrons. The highest BCUT2D eigenvalue weighted by atomic mass is 32.2. The van der Waals surface area contributed by atoms with Crippen LogP contribution in [0.2, 0.25) is 0 Å². The molecule has 0 radical (unpaired) electrons. The van der Waals surface area contributed by atoms with Crippen molar-refractivity contribution in [1.82, 2.24) is 5.32 Å². The maximum Gasteiger partial charge on any atom is 0.264 e. The first-order valence-electron chi connectivity index (χ1n) is 11.0. The summed E-state index contributed by atoms with van der Waals surface area (Å²) in [6.45, 7) is 0.411. The molecule has 0 saturated heterocycles. The van der Waals surface area contributed by atoms with Gasteiger partial charge in [-0.3, -0.25) is 14.4 Å². The van der Waals surface area contributed by atoms with Crippen LogP contribution in [-0.4, -0.2) is 40.2 Å². The van der Waals surface area contributed by atoms with Gasteiger partial charge >= 0.3 is 0 Å². The van der Waals surface area contributed by atoms with Crippen LogP contribution in [0.1, 0.15) is 11.1 Å². The van der Waals surface area contributed by atoms with Crippen molar-refractivity contribution < 1.29 is 22.7 Å². The van der Waals surface area contributed by atoms with E-state index in [9.17, 15) is 13.2 Å². The van der Waals surface area contributed by atoms with Gasteiger partial charge in [0.05, 0.1) is 24.8 Å². The Labute approximate surface area is 215 Å². The first kappa shape index (κ1) is 25.2. The Bertz CT molecular complexity index is 1420. The summed E-state index contributed by atoms with van der Waals surface area (Å²) in [4.78, 5) is 12.4. The lowest BCUT2D eigenvalue weighted by atomic mass is 10.2. The second kappa shape index (κ2) is 10.8. The van der Waals surface area contributed by atoms with E-state index in [4.69, 9.17) is 21.7 Å². The number of carbonyl (C=O) groups is 1. The zero-order valence-electron chi connectivity index (χ0n) is 19.7. The molecule has 36 heavy (non-hydrogen) atoms. The number of sulfonamides is 1. The van der Waals surface area contributed by atoms with Crippen molar-refractivity contribution >= 4 is 50.7 Å². The first-order chi connectivity index (χ1) is 17.3. The third-order valence-corrected chi connectivity index (χ3v) is 7.65. The van der Waals surface area contributed by atoms with Crippen molar-refractivity contribution in [2.24, 2.45) is 0 Å². The third kappa shape index (κ3) is 5.50. The van der Waals surface area contributed by atoms with Gasteiger partial charge in [-0.15, -0.1) is 0 Å². The van der Waals surface area contributed by atoms with Crippen LogP contribution in [0.25, 0.3) is 6.08 Å². The molecule has 0 unspecified atom stereocenters. The highest BCUT2D eigenvalue weighted by molar-refractivity contribution is 7.92. The van der Waals surface area contributed by atoms with Gasteiger partial charge in [-0.2, -0.15) is 0 Å². The number of benzene rings is 3. The van der Waals surface area contributed by atoms with E-state index in [2.05, 4.69) is 10.6 Å². The van der Waals surface area contributed by atoms with Crippen molar-refractivity contribution in [2.75, 3.05) is 30.4 Å². The summed E-state index contributed by atoms with van der Waals surface area (Å²) in [7, 11) is -0.596. The lowest BCUT2D eigenvalue weighted by Gasteiger charge is -2.19. The Morgan fingerprint density at radius 3 is 2.44 bits per heavy atom. The average molecular weight is 524 g/mol. The van der Waals surface area contributed by atoms with Crippen LogP contribution in [0.4, 0.5) is 11.4 Å². The molecule has 0 spiro atoms. The van der Waals surface area contributed by atoms with Gasteiger partial charge in [0, 0.05) is 18.3 Å². The second-order valence-electron chi connectivity index (χ2n) is 7.87. The topological polar surface area (TPSA) is 97.0 Å². The Balaban J connectivity index is 1.36. The van der Waals surface area contributed by atoms with Crippen molar-refractivity contribution in [3.63, 3.8) is 0 Å². The summed E-state index contributed by atoms with van der Waals surface area (Å²) in [5.41, 5.74) is 3.02. The summed E-state index contributed by atoms with van der Waals surface area (Å²) in [6.07, 6.45) is 3.65. The van der Waals surface area contributed by atoms with E-state index in [0.29, 0.717) is 35.8 Å². The number of rotatable bonds is 7. The maximum absolute atomic E-state index is 13.1. The van der Waals surface area contributed by atoms with Gasteiger partial charge in [-0.1, -0.05) is 24.3 Å². The fraction of sp³-hybridized carbons (Fsp3) is 0.154. The Morgan fingerprint density at radius 2 is 1.72 bits per heavy atom. The minimum absolute atomic E-state index is 0.0843. The number of hydrogen-bond donors (Lipinski definition) is 2. The zero-order valence-corrected chi connectivity index (χ0v) is 21.4. The number of carbonyl (C=O) groups excluding carboxylic acids is 1. The molecule has 0 aromatic heterocycles. The third-order valence-electron chi connectivity index (χ3n) is 5.62. The molecule has 0 saturated carbocycles. The van der Waals surface area contributed by atoms with Crippen molar-refractivity contribution in [3.8, 4) is 11.5 Å². The second-order valence-corrected chi connectivity index (χ2v) is 10.1. The van der Waals surface area contributed by atoms with Gasteiger partial charge in [0.2, 0.25) is 5.91 Å². The van der Waals surface area contributed by atoms with Crippen molar-refractivity contribution in [1.29, 1.82) is 0 Å². The van der Waals surface area contributed by atoms with E-state index in [0.717, 1.165) is 11.1 Å². The molecule has 1 heterocycles. The van der Waals surface area contributed by atoms with E-state index in [-0.39, 0.29) is 10.0 Å². The molecular formula is C26H25N3O5S2. The molecule has 3 aromatic carbocycles. The smallest absolute Gasteiger partial charge is 0.264 e. The standard InChI is InChI=1S/C26H25N3O5S2/c1-33-23-13-7-18(17-24(23)34-2)8-14-25(30)28-26(35)27-20-9-11-21(12-10-20)36(31,32)29-16-15-19-5-3-4-6-22(19)29/h3-14,17H,15-16H2,1-2H3,(H2,27,28,30,35). The number of nitrogens with one attached hydrogen (secondary N) is 2. The van der Waals surface area contributed by atoms with Gasteiger partial charge in [0.15, 0.2) is 16.6 Å². The highest BCUT2D eigenvalue weighted by Gasteiger charge is 2.30. The molecule has 1 aliphatic rings. The molecular weight excluding hydrogens is 498 g/mol. The van der Waals surface area contributed by atoms with Gasteiger partial charge < -0.3 is 14.8 Å². The number of methoxy groups -OCH3 is 2. The molecule has 0 fully saturated rings. The van der Waals surface area contributed by atoms with E-state index in [1.807, 2.05) is 24.3 Å². The van der Waals surface area contributed by atoms with Crippen LogP contribution < -0.4 is 24.4 Å². The van der Waals surface area contributed by atoms with Crippen LogP contribution >= 0.6 is 12.2 Å². The van der Waals surface area contributed by atoms with Crippen LogP contribution in [0, 0.1) is 0 Å². The lowest BCUT2D eigenvalue weighted by molar-refractivity contribution is -0.115. The molecule has 4 rings (SSSR count). The summed E-state index contributed by atoms with van der Waals surface area (Å²) in [6, 6.07) is 19.0. The zero-order chi connectivity index (χ0) is 25.7. The maximum atomic E-state index is 13.1. The van der Waals surface area contributed by atoms with Crippen molar-refractivity contribution in [2.45, 2.75) is 11.3 Å². The average Bonchev–Trinajstić information content (AvgIpc) is 3.32. The summed E-state index contributed by atoms with van der Waals surface area (Å²) < 4.78 is 38.2. The van der Waals surface area contributed by atoms with Gasteiger partial charge in [-0.05, 0) is 78.3 Å². The molecule has 2 N–H and O–H groups in total. The van der Waals surface area contributed by atoms with Gasteiger partial charge in [-0.25, -0.2) is 8.42 Å². The fourth-order valence-corrected chi connectivity index (χ4v) is 5.56. The first-order valence-corrected chi connectivity index (χ1v) is 12.9. The molecule has 3 aromatic rings. The molecule has 0 aliphatic carbocycles. The van der Waals surface area contributed by atoms with Crippen LogP contribution in [0.5, 0.6) is 11.5 Å². The number of hydrogen-bond acceptors (Lipinski definition) is 6. The Morgan fingerprint density at radius 1 is 1.00 bits per heavy atom. The number of ether oxygens (including phenoxy) is 2. The summed E-state index contributed by atoms with van der Waals surface area (Å²) in [5, 5.41) is 5.54. The normalized spacial score (nSPS) is 12.8. The van der Waals surface area contributed by atoms with Gasteiger partial charge in [0.1, 0.15) is 0 Å². The number of nitrogens with zero attached hydrogens (tertiary/aromatic N) is 1. The predicted octanol–water partition coefficient (Wildman–Crippen LogP) is 3.98. The highest BCUT2D eigenvalue weighted by Crippen LogP contribution is 2.33. The minimum Gasteiger partial charge on any atom is -0.493 e. The molecule has 0 bridgehead atoms. The van der Waals surface area contributed by atoms with Crippen LogP contribution in [0.15, 0.2) is 77.7 Å². The monoisotopic (exact) mass is 523 g/mol. The Hall–Kier alpha value is -3.89. The quantitative estimate of drug-likeness (QED) is 0.357. The van der Waals surface area contributed by atoms with E-state index in [1.165, 1.54) is 29.6 Å². The molecule has 0 atom stereocenters. The van der Waals surface area contributed by atoms with E-state index < -0.39 is 15.9 Å². The summed E-state index contributed by atoms with van der Waals surface area (Å²) >= 11 is 5.21. The number of fused-ring (bicyclic) bond motifs is 1. The van der Waals surface area contributed by atoms with E-state index >= 15 is 0 Å². The Kier molecular flexibility index (Phi) is 7.56. The van der Waals surface area contributed by atoms with E-state index in [1.54, 1.807) is 43.5 Å². The minimum atomic E-state index is -3.68. The molecule has 1 aliphatic heterocycles. The number of thiocarbonyl (C=S) groups is 1. The number of para-hydroxylation sites is 1. The number of anilines is 2. The SMILES string of the molecule is COc1ccc(C=CC(=O)NC(=S)Nc2ccc(S(=O)(=O)N3CCc4ccccc43)cc2)cc1OC. The number of amides is 1. The predicted molar refractivity (Wildman–Crippen MR) is 144 cm³/mol. The van der Waals surface area contributed by atoms with Crippen LogP contribution in [0.3, 0.4) is 0 Å². The van der Waals surface area contributed by atoms with Gasteiger partial charge in [0.25, 0.3) is 10.0 Å². The van der Waals surface area contributed by atoms with Crippen LogP contribution in [-0.2, 0) is 21.2 Å². The molecule has 10 heteroatoms. The van der Waals surface area contributed by atoms with Crippen molar-refractivity contribution in [3.05, 3.63) is 83.9 Å². The fourth-order valence-electron chi connectivity index (χ4n) is 3.84. The summed E-state index contributed by atoms with van der Waals surface area (Å²) in [5.74, 6) is 0.722. The lowest BCUT2D eigenvalue weighted by Crippen LogP contribution is -2.32.